The van der Waals surface area contributed by atoms with E-state index in [9.17, 15) is 14.4 Å². The van der Waals surface area contributed by atoms with E-state index >= 15 is 0 Å². The van der Waals surface area contributed by atoms with Crippen molar-refractivity contribution in [3.8, 4) is 0 Å². The van der Waals surface area contributed by atoms with Crippen molar-refractivity contribution < 1.29 is 19.1 Å². The van der Waals surface area contributed by atoms with Crippen molar-refractivity contribution in [2.45, 2.75) is 0 Å². The molecule has 0 fully saturated rings. The maximum Gasteiger partial charge on any atom is 0.337 e. The van der Waals surface area contributed by atoms with Gasteiger partial charge in [0.2, 0.25) is 5.91 Å². The van der Waals surface area contributed by atoms with Crippen LogP contribution in [0.15, 0.2) is 72.8 Å². The van der Waals surface area contributed by atoms with Gasteiger partial charge in [0.15, 0.2) is 0 Å². The van der Waals surface area contributed by atoms with Crippen LogP contribution in [-0.2, 0) is 9.53 Å². The lowest BCUT2D eigenvalue weighted by atomic mass is 9.99. The van der Waals surface area contributed by atoms with Gasteiger partial charge in [0.1, 0.15) is 0 Å². The van der Waals surface area contributed by atoms with Gasteiger partial charge >= 0.3 is 5.97 Å². The zero-order chi connectivity index (χ0) is 22.0. The van der Waals surface area contributed by atoms with E-state index in [0.717, 1.165) is 5.56 Å². The predicted molar refractivity (Wildman–Crippen MR) is 118 cm³/mol. The van der Waals surface area contributed by atoms with Gasteiger partial charge in [0.05, 0.1) is 29.6 Å². The number of nitrogens with one attached hydrogen (secondary N) is 2. The summed E-state index contributed by atoms with van der Waals surface area (Å²) in [6.45, 7) is 0. The molecule has 4 rings (SSSR count). The fourth-order valence-electron chi connectivity index (χ4n) is 3.41. The quantitative estimate of drug-likeness (QED) is 0.438. The lowest BCUT2D eigenvalue weighted by Crippen LogP contribution is -2.11. The van der Waals surface area contributed by atoms with Crippen molar-refractivity contribution in [3.63, 3.8) is 0 Å². The standard InChI is InChI=1S/C24H19N3O4/c1-31-24(30)16-9-12-18-19(13-16)27-23(29)20(18)21(14-5-3-2-4-6-14)26-17-10-7-15(8-11-17)22(25)28/h2-13,26H,1H3,(H2,25,28)(H,27,29)/b21-20-. The van der Waals surface area contributed by atoms with Crippen molar-refractivity contribution in [3.05, 3.63) is 95.1 Å². The number of primary amides is 1. The molecule has 3 aromatic carbocycles. The van der Waals surface area contributed by atoms with Crippen molar-refractivity contribution >= 4 is 40.4 Å². The number of fused-ring (bicyclic) bond motifs is 1. The second-order valence-electron chi connectivity index (χ2n) is 6.89. The Labute approximate surface area is 178 Å². The van der Waals surface area contributed by atoms with E-state index in [2.05, 4.69) is 10.6 Å². The zero-order valence-corrected chi connectivity index (χ0v) is 16.6. The molecule has 1 aliphatic heterocycles. The highest BCUT2D eigenvalue weighted by Gasteiger charge is 2.29. The van der Waals surface area contributed by atoms with Crippen LogP contribution in [-0.4, -0.2) is 24.9 Å². The fraction of sp³-hybridized carbons (Fsp3) is 0.0417. The molecule has 0 saturated heterocycles. The number of esters is 1. The highest BCUT2D eigenvalue weighted by molar-refractivity contribution is 6.37. The van der Waals surface area contributed by atoms with E-state index in [4.69, 9.17) is 10.5 Å². The molecule has 31 heavy (non-hydrogen) atoms. The van der Waals surface area contributed by atoms with Crippen LogP contribution >= 0.6 is 0 Å². The van der Waals surface area contributed by atoms with E-state index in [1.165, 1.54) is 7.11 Å². The normalized spacial score (nSPS) is 13.8. The number of benzene rings is 3. The van der Waals surface area contributed by atoms with Crippen LogP contribution in [0.25, 0.3) is 11.3 Å². The second-order valence-corrected chi connectivity index (χ2v) is 6.89. The summed E-state index contributed by atoms with van der Waals surface area (Å²) in [4.78, 5) is 36.1. The van der Waals surface area contributed by atoms with Gasteiger partial charge in [-0.3, -0.25) is 9.59 Å². The molecule has 0 atom stereocenters. The molecule has 1 heterocycles. The van der Waals surface area contributed by atoms with Gasteiger partial charge in [0, 0.05) is 16.8 Å². The Bertz CT molecular complexity index is 1220. The molecule has 0 aliphatic carbocycles. The summed E-state index contributed by atoms with van der Waals surface area (Å²) in [6.07, 6.45) is 0. The number of nitrogens with two attached hydrogens (primary N) is 1. The molecular formula is C24H19N3O4. The Morgan fingerprint density at radius 2 is 1.58 bits per heavy atom. The highest BCUT2D eigenvalue weighted by Crippen LogP contribution is 2.38. The van der Waals surface area contributed by atoms with Crippen LogP contribution < -0.4 is 16.4 Å². The summed E-state index contributed by atoms with van der Waals surface area (Å²) < 4.78 is 4.76. The van der Waals surface area contributed by atoms with E-state index in [0.29, 0.717) is 39.3 Å². The Balaban J connectivity index is 1.83. The molecule has 154 valence electrons. The molecule has 7 nitrogen and oxygen atoms in total. The Hall–Kier alpha value is -4.39. The van der Waals surface area contributed by atoms with Gasteiger partial charge in [-0.05, 0) is 42.0 Å². The minimum Gasteiger partial charge on any atom is -0.465 e. The van der Waals surface area contributed by atoms with Gasteiger partial charge in [-0.25, -0.2) is 4.79 Å². The highest BCUT2D eigenvalue weighted by atomic mass is 16.5. The summed E-state index contributed by atoms with van der Waals surface area (Å²) in [5.74, 6) is -1.29. The number of ether oxygens (including phenoxy) is 1. The van der Waals surface area contributed by atoms with Crippen LogP contribution in [0.1, 0.15) is 31.8 Å². The molecule has 0 unspecified atom stereocenters. The second kappa shape index (κ2) is 8.16. The molecule has 0 aromatic heterocycles. The average Bonchev–Trinajstić information content (AvgIpc) is 3.12. The number of carbonyl (C=O) groups is 3. The smallest absolute Gasteiger partial charge is 0.337 e. The number of anilines is 2. The summed E-state index contributed by atoms with van der Waals surface area (Å²) in [6, 6.07) is 21.0. The van der Waals surface area contributed by atoms with Crippen LogP contribution in [0.5, 0.6) is 0 Å². The Morgan fingerprint density at radius 1 is 0.903 bits per heavy atom. The molecule has 0 spiro atoms. The van der Waals surface area contributed by atoms with Gasteiger partial charge in [-0.15, -0.1) is 0 Å². The minimum absolute atomic E-state index is 0.294. The lowest BCUT2D eigenvalue weighted by Gasteiger charge is -2.15. The molecule has 0 bridgehead atoms. The molecular weight excluding hydrogens is 394 g/mol. The van der Waals surface area contributed by atoms with E-state index in [1.807, 2.05) is 30.3 Å². The first-order valence-electron chi connectivity index (χ1n) is 9.48. The van der Waals surface area contributed by atoms with E-state index < -0.39 is 11.9 Å². The van der Waals surface area contributed by atoms with Crippen molar-refractivity contribution in [2.75, 3.05) is 17.7 Å². The summed E-state index contributed by atoms with van der Waals surface area (Å²) in [7, 11) is 1.31. The van der Waals surface area contributed by atoms with Gasteiger partial charge in [0.25, 0.3) is 5.91 Å². The maximum atomic E-state index is 12.9. The van der Waals surface area contributed by atoms with E-state index in [1.54, 1.807) is 42.5 Å². The first-order valence-corrected chi connectivity index (χ1v) is 9.48. The van der Waals surface area contributed by atoms with Gasteiger partial charge in [-0.2, -0.15) is 0 Å². The topological polar surface area (TPSA) is 111 Å². The zero-order valence-electron chi connectivity index (χ0n) is 16.6. The summed E-state index contributed by atoms with van der Waals surface area (Å²) >= 11 is 0. The molecule has 2 amide bonds. The SMILES string of the molecule is COC(=O)c1ccc2c(c1)NC(=O)/C2=C(\Nc1ccc(C(N)=O)cc1)c1ccccc1. The number of hydrogen-bond acceptors (Lipinski definition) is 5. The number of rotatable bonds is 5. The minimum atomic E-state index is -0.515. The Kier molecular flexibility index (Phi) is 5.24. The lowest BCUT2D eigenvalue weighted by molar-refractivity contribution is -0.110. The molecule has 3 aromatic rings. The summed E-state index contributed by atoms with van der Waals surface area (Å²) in [5.41, 5.74) is 9.76. The summed E-state index contributed by atoms with van der Waals surface area (Å²) in [5, 5.41) is 6.12. The van der Waals surface area contributed by atoms with Crippen LogP contribution in [0.4, 0.5) is 11.4 Å². The predicted octanol–water partition coefficient (Wildman–Crippen LogP) is 3.50. The van der Waals surface area contributed by atoms with Crippen molar-refractivity contribution in [1.29, 1.82) is 0 Å². The fourth-order valence-corrected chi connectivity index (χ4v) is 3.41. The Morgan fingerprint density at radius 3 is 2.23 bits per heavy atom. The van der Waals surface area contributed by atoms with Crippen LogP contribution in [0.2, 0.25) is 0 Å². The van der Waals surface area contributed by atoms with Gasteiger partial charge in [-0.1, -0.05) is 36.4 Å². The van der Waals surface area contributed by atoms with Crippen molar-refractivity contribution in [2.24, 2.45) is 5.73 Å². The number of carbonyl (C=O) groups excluding carboxylic acids is 3. The first kappa shape index (κ1) is 19.9. The molecule has 0 saturated carbocycles. The van der Waals surface area contributed by atoms with Crippen LogP contribution in [0, 0.1) is 0 Å². The molecule has 4 N–H and O–H groups in total. The van der Waals surface area contributed by atoms with E-state index in [-0.39, 0.29) is 5.91 Å². The molecule has 0 radical (unpaired) electrons. The van der Waals surface area contributed by atoms with Crippen molar-refractivity contribution in [1.82, 2.24) is 0 Å². The third kappa shape index (κ3) is 3.89. The largest absolute Gasteiger partial charge is 0.465 e. The monoisotopic (exact) mass is 413 g/mol. The van der Waals surface area contributed by atoms with Gasteiger partial charge < -0.3 is 21.1 Å². The number of hydrogen-bond donors (Lipinski definition) is 3. The molecule has 1 aliphatic rings. The number of methoxy groups -OCH3 is 1. The van der Waals surface area contributed by atoms with Crippen LogP contribution in [0.3, 0.4) is 0 Å². The molecule has 7 heteroatoms. The first-order chi connectivity index (χ1) is 15.0. The maximum absolute atomic E-state index is 12.9. The average molecular weight is 413 g/mol. The number of amides is 2. The third-order valence-corrected chi connectivity index (χ3v) is 4.94. The third-order valence-electron chi connectivity index (χ3n) is 4.94.